The Kier molecular flexibility index (Phi) is 7.75. The average Bonchev–Trinajstić information content (AvgIpc) is 3.43. The van der Waals surface area contributed by atoms with E-state index in [1.165, 1.54) is 10.8 Å². The molecule has 1 aromatic carbocycles. The summed E-state index contributed by atoms with van der Waals surface area (Å²) in [4.78, 5) is 56.0. The topological polar surface area (TPSA) is 157 Å². The molecule has 51 heavy (non-hydrogen) atoms. The minimum Gasteiger partial charge on any atom is -0.504 e. The molecule has 2 amide bonds. The van der Waals surface area contributed by atoms with Crippen LogP contribution in [0.5, 0.6) is 5.75 Å². The summed E-state index contributed by atoms with van der Waals surface area (Å²) < 4.78 is 48.1. The van der Waals surface area contributed by atoms with Gasteiger partial charge in [0.2, 0.25) is 11.7 Å². The molecule has 2 N–H and O–H groups in total. The number of nitrogens with one attached hydrogen (secondary N) is 1. The number of carbonyl (C=O) groups is 2. The third-order valence-electron chi connectivity index (χ3n) is 10.9. The van der Waals surface area contributed by atoms with Gasteiger partial charge >= 0.3 is 6.18 Å². The lowest BCUT2D eigenvalue weighted by Gasteiger charge is -2.41. The molecule has 2 unspecified atom stereocenters. The highest BCUT2D eigenvalue weighted by Crippen LogP contribution is 2.71. The van der Waals surface area contributed by atoms with Crippen molar-refractivity contribution in [3.8, 4) is 5.75 Å². The zero-order valence-corrected chi connectivity index (χ0v) is 28.3. The second-order valence-electron chi connectivity index (χ2n) is 13.6. The lowest BCUT2D eigenvalue weighted by Crippen LogP contribution is -2.48. The van der Waals surface area contributed by atoms with Crippen LogP contribution in [0.4, 0.5) is 18.9 Å². The Labute approximate surface area is 293 Å². The third kappa shape index (κ3) is 5.29. The summed E-state index contributed by atoms with van der Waals surface area (Å²) in [7, 11) is 0. The molecule has 1 saturated carbocycles. The predicted molar refractivity (Wildman–Crippen MR) is 176 cm³/mol. The van der Waals surface area contributed by atoms with Gasteiger partial charge in [0.25, 0.3) is 11.5 Å². The van der Waals surface area contributed by atoms with Gasteiger partial charge in [-0.1, -0.05) is 24.6 Å². The molecule has 0 radical (unpaired) electrons. The van der Waals surface area contributed by atoms with Gasteiger partial charge in [-0.3, -0.25) is 14.4 Å². The van der Waals surface area contributed by atoms with Gasteiger partial charge in [0.05, 0.1) is 35.2 Å². The van der Waals surface area contributed by atoms with E-state index < -0.39 is 29.0 Å². The molecule has 3 atom stereocenters. The van der Waals surface area contributed by atoms with Gasteiger partial charge in [0, 0.05) is 35.7 Å². The molecule has 8 rings (SSSR count). The number of aromatic hydroxyl groups is 1. The maximum Gasteiger partial charge on any atom is 0.416 e. The van der Waals surface area contributed by atoms with E-state index in [-0.39, 0.29) is 57.8 Å². The van der Waals surface area contributed by atoms with Crippen molar-refractivity contribution in [1.82, 2.24) is 34.0 Å². The van der Waals surface area contributed by atoms with Crippen LogP contribution < -0.4 is 10.9 Å². The monoisotopic (exact) mass is 724 g/mol. The van der Waals surface area contributed by atoms with Crippen molar-refractivity contribution >= 4 is 40.5 Å². The number of nitrogens with zero attached hydrogens (tertiary/aromatic N) is 7. The fourth-order valence-electron chi connectivity index (χ4n) is 8.40. The SMILES string of the molecule is Cc1ncnc(C(=O)N2CCC3(CC2)c2c(n(CC(=O)Nc4ccc(C(F)(F)F)cc4Cl)c4nc(C5=CCOCC5)nn4c2=O)C2C3[C@H]2C)c1O. The van der Waals surface area contributed by atoms with Gasteiger partial charge in [-0.2, -0.15) is 22.7 Å². The lowest BCUT2D eigenvalue weighted by atomic mass is 9.70. The van der Waals surface area contributed by atoms with Gasteiger partial charge in [-0.25, -0.2) is 9.97 Å². The number of alkyl halides is 3. The van der Waals surface area contributed by atoms with Gasteiger partial charge in [-0.05, 0) is 61.8 Å². The zero-order valence-electron chi connectivity index (χ0n) is 27.5. The minimum atomic E-state index is -4.60. The molecule has 2 aliphatic carbocycles. The zero-order chi connectivity index (χ0) is 36.0. The Bertz CT molecular complexity index is 2230. The summed E-state index contributed by atoms with van der Waals surface area (Å²) in [6.07, 6.45) is -0.0674. The quantitative estimate of drug-likeness (QED) is 0.306. The normalized spacial score (nSPS) is 22.1. The summed E-state index contributed by atoms with van der Waals surface area (Å²) in [6, 6.07) is 2.70. The van der Waals surface area contributed by atoms with Crippen LogP contribution in [-0.2, 0) is 27.7 Å². The molecule has 0 bridgehead atoms. The van der Waals surface area contributed by atoms with Gasteiger partial charge < -0.3 is 24.6 Å². The standard InChI is InChI=1S/C34H32ClF3N8O5/c1-16-23-24(16)33(7-9-44(10-8-33)31(50)26-28(48)17(2)39-15-40-26)25-27(23)45(14-22(47)41-21-4-3-19(13-20(21)35)34(36,37)38)32-42-29(43-46(32)30(25)49)18-5-11-51-12-6-18/h3-5,13,15-16,23-24,48H,6-12,14H2,1-2H3,(H,41,47)/t16-,23?,24?/m0/s1. The Morgan fingerprint density at radius 3 is 2.65 bits per heavy atom. The Balaban J connectivity index is 1.18. The highest BCUT2D eigenvalue weighted by Gasteiger charge is 2.68. The molecule has 13 nitrogen and oxygen atoms in total. The van der Waals surface area contributed by atoms with E-state index >= 15 is 0 Å². The van der Waals surface area contributed by atoms with Crippen molar-refractivity contribution < 1.29 is 32.6 Å². The highest BCUT2D eigenvalue weighted by atomic mass is 35.5. The number of amides is 2. The second-order valence-corrected chi connectivity index (χ2v) is 14.0. The molecule has 2 fully saturated rings. The number of anilines is 1. The van der Waals surface area contributed by atoms with Crippen LogP contribution in [0.3, 0.4) is 0 Å². The molecule has 4 aromatic rings. The predicted octanol–water partition coefficient (Wildman–Crippen LogP) is 4.35. The number of likely N-dealkylation sites (tertiary alicyclic amines) is 1. The maximum atomic E-state index is 14.5. The first-order chi connectivity index (χ1) is 24.3. The van der Waals surface area contributed by atoms with E-state index in [0.717, 1.165) is 23.8 Å². The summed E-state index contributed by atoms with van der Waals surface area (Å²) in [5.74, 6) is -0.606. The van der Waals surface area contributed by atoms with E-state index in [1.807, 2.05) is 6.08 Å². The van der Waals surface area contributed by atoms with Crippen LogP contribution in [0, 0.1) is 18.8 Å². The summed E-state index contributed by atoms with van der Waals surface area (Å²) in [5, 5.41) is 17.5. The molecule has 3 aromatic heterocycles. The minimum absolute atomic E-state index is 0.00832. The van der Waals surface area contributed by atoms with Crippen LogP contribution in [0.25, 0.3) is 11.4 Å². The highest BCUT2D eigenvalue weighted by molar-refractivity contribution is 6.33. The van der Waals surface area contributed by atoms with E-state index in [1.54, 1.807) is 16.4 Å². The van der Waals surface area contributed by atoms with E-state index in [0.29, 0.717) is 68.3 Å². The first kappa shape index (κ1) is 33.3. The number of benzene rings is 1. The first-order valence-electron chi connectivity index (χ1n) is 16.6. The van der Waals surface area contributed by atoms with Crippen molar-refractivity contribution in [3.05, 3.63) is 80.0 Å². The molecule has 5 heterocycles. The van der Waals surface area contributed by atoms with Crippen molar-refractivity contribution in [2.45, 2.75) is 57.2 Å². The number of carbonyl (C=O) groups excluding carboxylic acids is 2. The summed E-state index contributed by atoms with van der Waals surface area (Å²) in [6.45, 7) is 4.81. The van der Waals surface area contributed by atoms with Crippen LogP contribution in [0.2, 0.25) is 5.02 Å². The maximum absolute atomic E-state index is 14.5. The average molecular weight is 725 g/mol. The van der Waals surface area contributed by atoms with Crippen molar-refractivity contribution in [2.75, 3.05) is 31.6 Å². The lowest BCUT2D eigenvalue weighted by molar-refractivity contribution is -0.137. The van der Waals surface area contributed by atoms with Crippen LogP contribution in [0.1, 0.15) is 70.9 Å². The van der Waals surface area contributed by atoms with E-state index in [4.69, 9.17) is 21.3 Å². The van der Waals surface area contributed by atoms with Gasteiger partial charge in [0.1, 0.15) is 12.9 Å². The van der Waals surface area contributed by atoms with Crippen molar-refractivity contribution in [3.63, 3.8) is 0 Å². The number of ether oxygens (including phenoxy) is 1. The molecule has 1 spiro atoms. The summed E-state index contributed by atoms with van der Waals surface area (Å²) in [5.41, 5.74) is 0.341. The number of rotatable bonds is 5. The first-order valence-corrected chi connectivity index (χ1v) is 17.0. The number of aromatic nitrogens is 6. The molecule has 2 aliphatic heterocycles. The molecule has 1 saturated heterocycles. The van der Waals surface area contributed by atoms with Gasteiger partial charge in [0.15, 0.2) is 17.3 Å². The van der Waals surface area contributed by atoms with Crippen molar-refractivity contribution in [2.24, 2.45) is 11.8 Å². The summed E-state index contributed by atoms with van der Waals surface area (Å²) >= 11 is 6.16. The number of fused-ring (bicyclic) bond motifs is 6. The largest absolute Gasteiger partial charge is 0.504 e. The van der Waals surface area contributed by atoms with Crippen LogP contribution in [-0.4, -0.2) is 77.3 Å². The Morgan fingerprint density at radius 2 is 1.96 bits per heavy atom. The number of hydrogen-bond acceptors (Lipinski definition) is 9. The molecule has 4 aliphatic rings. The Morgan fingerprint density at radius 1 is 1.20 bits per heavy atom. The molecular formula is C34H32ClF3N8O5. The number of piperidine rings is 1. The molecule has 17 heteroatoms. The molecular weight excluding hydrogens is 693 g/mol. The second kappa shape index (κ2) is 11.9. The number of hydrogen-bond donors (Lipinski definition) is 2. The third-order valence-corrected chi connectivity index (χ3v) is 11.2. The van der Waals surface area contributed by atoms with Gasteiger partial charge in [-0.15, -0.1) is 5.10 Å². The number of aryl methyl sites for hydroxylation is 1. The van der Waals surface area contributed by atoms with Crippen molar-refractivity contribution in [1.29, 1.82) is 0 Å². The van der Waals surface area contributed by atoms with Crippen LogP contribution >= 0.6 is 11.6 Å². The Hall–Kier alpha value is -4.83. The number of halogens is 4. The smallest absolute Gasteiger partial charge is 0.416 e. The fourth-order valence-corrected chi connectivity index (χ4v) is 8.62. The van der Waals surface area contributed by atoms with E-state index in [2.05, 4.69) is 27.3 Å². The fraction of sp³-hybridized carbons (Fsp3) is 0.441. The molecule has 266 valence electrons. The van der Waals surface area contributed by atoms with E-state index in [9.17, 15) is 32.7 Å². The van der Waals surface area contributed by atoms with Crippen LogP contribution in [0.15, 0.2) is 35.4 Å².